The fraction of sp³-hybridized carbons (Fsp3) is 0.467. The van der Waals surface area contributed by atoms with Crippen LogP contribution in [0.3, 0.4) is 0 Å². The summed E-state index contributed by atoms with van der Waals surface area (Å²) in [5.41, 5.74) is 1.04. The monoisotopic (exact) mass is 278 g/mol. The van der Waals surface area contributed by atoms with Crippen LogP contribution < -0.4 is 10.6 Å². The average molecular weight is 278 g/mol. The number of rotatable bonds is 7. The van der Waals surface area contributed by atoms with Crippen molar-refractivity contribution in [1.82, 2.24) is 5.32 Å². The van der Waals surface area contributed by atoms with Crippen LogP contribution in [0, 0.1) is 5.92 Å². The van der Waals surface area contributed by atoms with Gasteiger partial charge in [-0.05, 0) is 31.7 Å². The topological polar surface area (TPSA) is 67.4 Å². The van der Waals surface area contributed by atoms with E-state index in [1.54, 1.807) is 31.2 Å². The third-order valence-electron chi connectivity index (χ3n) is 2.79. The van der Waals surface area contributed by atoms with E-state index in [1.165, 1.54) is 0 Å². The van der Waals surface area contributed by atoms with Crippen molar-refractivity contribution in [1.29, 1.82) is 0 Å². The lowest BCUT2D eigenvalue weighted by atomic mass is 10.1. The van der Waals surface area contributed by atoms with Crippen molar-refractivity contribution in [2.75, 3.05) is 25.0 Å². The molecule has 1 aromatic carbocycles. The largest absolute Gasteiger partial charge is 0.462 e. The van der Waals surface area contributed by atoms with Crippen molar-refractivity contribution < 1.29 is 14.3 Å². The summed E-state index contributed by atoms with van der Waals surface area (Å²) in [4.78, 5) is 23.6. The van der Waals surface area contributed by atoms with Gasteiger partial charge in [0.15, 0.2) is 0 Å². The third kappa shape index (κ3) is 5.01. The molecule has 110 valence electrons. The summed E-state index contributed by atoms with van der Waals surface area (Å²) in [6.45, 7) is 7.39. The molecule has 0 bridgehead atoms. The number of hydrogen-bond donors (Lipinski definition) is 2. The summed E-state index contributed by atoms with van der Waals surface area (Å²) in [7, 11) is 0. The molecule has 0 radical (unpaired) electrons. The second-order valence-electron chi connectivity index (χ2n) is 4.50. The fourth-order valence-electron chi connectivity index (χ4n) is 1.66. The molecule has 0 fully saturated rings. The number of ether oxygens (including phenoxy) is 1. The van der Waals surface area contributed by atoms with Gasteiger partial charge in [-0.3, -0.25) is 4.79 Å². The first-order valence-corrected chi connectivity index (χ1v) is 6.87. The molecule has 5 nitrogen and oxygen atoms in total. The maximum absolute atomic E-state index is 12.0. The summed E-state index contributed by atoms with van der Waals surface area (Å²) in [5.74, 6) is -0.600. The molecule has 1 atom stereocenters. The SMILES string of the molecule is CCNCC(C)C(=O)Nc1cccc(C(=O)OCC)c1. The number of benzene rings is 1. The van der Waals surface area contributed by atoms with E-state index in [1.807, 2.05) is 13.8 Å². The van der Waals surface area contributed by atoms with Crippen molar-refractivity contribution in [2.45, 2.75) is 20.8 Å². The Kier molecular flexibility index (Phi) is 6.73. The summed E-state index contributed by atoms with van der Waals surface area (Å²) < 4.78 is 4.93. The maximum Gasteiger partial charge on any atom is 0.338 e. The van der Waals surface area contributed by atoms with E-state index in [2.05, 4.69) is 10.6 Å². The lowest BCUT2D eigenvalue weighted by Crippen LogP contribution is -2.30. The third-order valence-corrected chi connectivity index (χ3v) is 2.79. The van der Waals surface area contributed by atoms with Crippen molar-refractivity contribution in [2.24, 2.45) is 5.92 Å². The summed E-state index contributed by atoms with van der Waals surface area (Å²) >= 11 is 0. The number of carbonyl (C=O) groups excluding carboxylic acids is 2. The van der Waals surface area contributed by atoms with Crippen LogP contribution in [0.25, 0.3) is 0 Å². The Morgan fingerprint density at radius 1 is 1.30 bits per heavy atom. The van der Waals surface area contributed by atoms with Gasteiger partial charge >= 0.3 is 5.97 Å². The van der Waals surface area contributed by atoms with Crippen LogP contribution in [0.2, 0.25) is 0 Å². The number of anilines is 1. The Labute approximate surface area is 119 Å². The molecule has 0 aliphatic rings. The zero-order valence-corrected chi connectivity index (χ0v) is 12.2. The first kappa shape index (κ1) is 16.2. The lowest BCUT2D eigenvalue weighted by molar-refractivity contribution is -0.119. The highest BCUT2D eigenvalue weighted by molar-refractivity contribution is 5.95. The zero-order chi connectivity index (χ0) is 15.0. The second kappa shape index (κ2) is 8.32. The molecule has 0 heterocycles. The van der Waals surface area contributed by atoms with E-state index in [0.717, 1.165) is 6.54 Å². The molecule has 1 amide bonds. The molecule has 0 aromatic heterocycles. The Morgan fingerprint density at radius 2 is 2.05 bits per heavy atom. The number of hydrogen-bond acceptors (Lipinski definition) is 4. The van der Waals surface area contributed by atoms with Gasteiger partial charge in [-0.15, -0.1) is 0 Å². The van der Waals surface area contributed by atoms with Crippen LogP contribution in [0.4, 0.5) is 5.69 Å². The minimum atomic E-state index is -0.385. The molecular formula is C15H22N2O3. The standard InChI is InChI=1S/C15H22N2O3/c1-4-16-10-11(3)14(18)17-13-8-6-7-12(9-13)15(19)20-5-2/h6-9,11,16H,4-5,10H2,1-3H3,(H,17,18). The normalized spacial score (nSPS) is 11.8. The molecule has 0 aliphatic heterocycles. The van der Waals surface area contributed by atoms with Crippen LogP contribution in [0.5, 0.6) is 0 Å². The van der Waals surface area contributed by atoms with Crippen molar-refractivity contribution in [3.8, 4) is 0 Å². The quantitative estimate of drug-likeness (QED) is 0.749. The Hall–Kier alpha value is -1.88. The summed E-state index contributed by atoms with van der Waals surface area (Å²) in [6.07, 6.45) is 0. The Bertz CT molecular complexity index is 460. The minimum Gasteiger partial charge on any atom is -0.462 e. The van der Waals surface area contributed by atoms with Gasteiger partial charge in [0.25, 0.3) is 0 Å². The highest BCUT2D eigenvalue weighted by Crippen LogP contribution is 2.13. The molecule has 0 saturated heterocycles. The molecule has 20 heavy (non-hydrogen) atoms. The van der Waals surface area contributed by atoms with Crippen LogP contribution >= 0.6 is 0 Å². The second-order valence-corrected chi connectivity index (χ2v) is 4.50. The predicted octanol–water partition coefficient (Wildman–Crippen LogP) is 2.05. The van der Waals surface area contributed by atoms with E-state index in [9.17, 15) is 9.59 Å². The molecule has 2 N–H and O–H groups in total. The number of nitrogens with one attached hydrogen (secondary N) is 2. The minimum absolute atomic E-state index is 0.0769. The van der Waals surface area contributed by atoms with Crippen LogP contribution in [0.1, 0.15) is 31.1 Å². The Balaban J connectivity index is 2.66. The van der Waals surface area contributed by atoms with Gasteiger partial charge in [0.05, 0.1) is 12.2 Å². The van der Waals surface area contributed by atoms with E-state index in [0.29, 0.717) is 24.4 Å². The van der Waals surface area contributed by atoms with Gasteiger partial charge in [-0.25, -0.2) is 4.79 Å². The average Bonchev–Trinajstić information content (AvgIpc) is 2.45. The van der Waals surface area contributed by atoms with E-state index < -0.39 is 0 Å². The Morgan fingerprint density at radius 3 is 2.70 bits per heavy atom. The maximum atomic E-state index is 12.0. The fourth-order valence-corrected chi connectivity index (χ4v) is 1.66. The highest BCUT2D eigenvalue weighted by atomic mass is 16.5. The molecular weight excluding hydrogens is 256 g/mol. The van der Waals surface area contributed by atoms with Crippen LogP contribution in [-0.4, -0.2) is 31.6 Å². The molecule has 5 heteroatoms. The van der Waals surface area contributed by atoms with Gasteiger partial charge < -0.3 is 15.4 Å². The molecule has 1 unspecified atom stereocenters. The number of amides is 1. The molecule has 0 aliphatic carbocycles. The predicted molar refractivity (Wildman–Crippen MR) is 78.7 cm³/mol. The summed E-state index contributed by atoms with van der Waals surface area (Å²) in [6, 6.07) is 6.75. The van der Waals surface area contributed by atoms with Gasteiger partial charge in [0, 0.05) is 18.2 Å². The van der Waals surface area contributed by atoms with Gasteiger partial charge in [0.1, 0.15) is 0 Å². The van der Waals surface area contributed by atoms with E-state index in [-0.39, 0.29) is 17.8 Å². The van der Waals surface area contributed by atoms with Crippen LogP contribution in [0.15, 0.2) is 24.3 Å². The lowest BCUT2D eigenvalue weighted by Gasteiger charge is -2.13. The van der Waals surface area contributed by atoms with Crippen molar-refractivity contribution in [3.05, 3.63) is 29.8 Å². The smallest absolute Gasteiger partial charge is 0.338 e. The van der Waals surface area contributed by atoms with Gasteiger partial charge in [0.2, 0.25) is 5.91 Å². The van der Waals surface area contributed by atoms with Gasteiger partial charge in [-0.2, -0.15) is 0 Å². The first-order chi connectivity index (χ1) is 9.58. The van der Waals surface area contributed by atoms with Gasteiger partial charge in [-0.1, -0.05) is 19.9 Å². The first-order valence-electron chi connectivity index (χ1n) is 6.87. The van der Waals surface area contributed by atoms with Crippen molar-refractivity contribution in [3.63, 3.8) is 0 Å². The number of carbonyl (C=O) groups is 2. The molecule has 1 rings (SSSR count). The molecule has 0 spiro atoms. The number of esters is 1. The summed E-state index contributed by atoms with van der Waals surface area (Å²) in [5, 5.41) is 5.93. The molecule has 0 saturated carbocycles. The van der Waals surface area contributed by atoms with Crippen molar-refractivity contribution >= 4 is 17.6 Å². The van der Waals surface area contributed by atoms with E-state index in [4.69, 9.17) is 4.74 Å². The zero-order valence-electron chi connectivity index (χ0n) is 12.2. The van der Waals surface area contributed by atoms with Crippen LogP contribution in [-0.2, 0) is 9.53 Å². The molecule has 1 aromatic rings. The highest BCUT2D eigenvalue weighted by Gasteiger charge is 2.13. The van der Waals surface area contributed by atoms with E-state index >= 15 is 0 Å².